The number of carbonyl (C=O) groups is 1. The SMILES string of the molecule is CC(=O)c1nn(N)c2c(C)cc(-c3cnc(CO)nc3)cc12. The number of aromatic nitrogens is 4. The Balaban J connectivity index is 2.22. The molecule has 0 saturated carbocycles. The van der Waals surface area contributed by atoms with E-state index in [0.717, 1.165) is 22.2 Å². The Morgan fingerprint density at radius 1 is 1.27 bits per heavy atom. The minimum atomic E-state index is -0.202. The summed E-state index contributed by atoms with van der Waals surface area (Å²) >= 11 is 0. The number of benzene rings is 1. The number of nitrogens with two attached hydrogens (primary N) is 1. The summed E-state index contributed by atoms with van der Waals surface area (Å²) in [5.41, 5.74) is 3.63. The lowest BCUT2D eigenvalue weighted by Gasteiger charge is -2.06. The lowest BCUT2D eigenvalue weighted by atomic mass is 10.0. The first-order valence-corrected chi connectivity index (χ1v) is 6.72. The highest BCUT2D eigenvalue weighted by molar-refractivity contribution is 6.06. The predicted octanol–water partition coefficient (Wildman–Crippen LogP) is 1.21. The quantitative estimate of drug-likeness (QED) is 0.556. The van der Waals surface area contributed by atoms with Crippen molar-refractivity contribution in [1.82, 2.24) is 19.9 Å². The van der Waals surface area contributed by atoms with Crippen molar-refractivity contribution in [2.45, 2.75) is 20.5 Å². The van der Waals surface area contributed by atoms with Crippen LogP contribution in [0.5, 0.6) is 0 Å². The number of aliphatic hydroxyl groups excluding tert-OH is 1. The molecule has 0 unspecified atom stereocenters. The van der Waals surface area contributed by atoms with Gasteiger partial charge in [-0.2, -0.15) is 4.79 Å². The first-order chi connectivity index (χ1) is 10.5. The highest BCUT2D eigenvalue weighted by atomic mass is 16.3. The smallest absolute Gasteiger partial charge is 0.180 e. The third-order valence-electron chi connectivity index (χ3n) is 3.51. The summed E-state index contributed by atoms with van der Waals surface area (Å²) in [7, 11) is 0. The van der Waals surface area contributed by atoms with Gasteiger partial charge in [0, 0.05) is 30.3 Å². The molecule has 0 aliphatic carbocycles. The maximum Gasteiger partial charge on any atom is 0.180 e. The maximum absolute atomic E-state index is 11.7. The van der Waals surface area contributed by atoms with Crippen molar-refractivity contribution in [2.24, 2.45) is 0 Å². The molecule has 0 saturated heterocycles. The van der Waals surface area contributed by atoms with Gasteiger partial charge in [0.05, 0.1) is 5.52 Å². The average Bonchev–Trinajstić information content (AvgIpc) is 2.85. The number of hydrogen-bond acceptors (Lipinski definition) is 6. The first kappa shape index (κ1) is 14.2. The van der Waals surface area contributed by atoms with Gasteiger partial charge in [-0.05, 0) is 30.2 Å². The van der Waals surface area contributed by atoms with Gasteiger partial charge in [-0.15, -0.1) is 5.10 Å². The number of nitrogen functional groups attached to an aromatic ring is 1. The molecule has 0 atom stereocenters. The van der Waals surface area contributed by atoms with Crippen LogP contribution in [0.25, 0.3) is 22.0 Å². The molecule has 7 nitrogen and oxygen atoms in total. The molecule has 2 aromatic heterocycles. The molecule has 22 heavy (non-hydrogen) atoms. The summed E-state index contributed by atoms with van der Waals surface area (Å²) in [6, 6.07) is 3.79. The molecule has 7 heteroatoms. The van der Waals surface area contributed by atoms with Gasteiger partial charge < -0.3 is 10.9 Å². The molecule has 0 bridgehead atoms. The molecular weight excluding hydrogens is 282 g/mol. The Hall–Kier alpha value is -2.80. The molecule has 2 heterocycles. The van der Waals surface area contributed by atoms with E-state index in [-0.39, 0.29) is 12.4 Å². The van der Waals surface area contributed by atoms with Crippen LogP contribution in [0.4, 0.5) is 0 Å². The van der Waals surface area contributed by atoms with Crippen molar-refractivity contribution in [3.63, 3.8) is 0 Å². The Kier molecular flexibility index (Phi) is 3.34. The largest absolute Gasteiger partial charge is 0.388 e. The minimum absolute atomic E-state index is 0.141. The van der Waals surface area contributed by atoms with E-state index in [1.165, 1.54) is 11.7 Å². The summed E-state index contributed by atoms with van der Waals surface area (Å²) in [5.74, 6) is 6.06. The number of rotatable bonds is 3. The number of aryl methyl sites for hydroxylation is 1. The molecule has 3 rings (SSSR count). The summed E-state index contributed by atoms with van der Waals surface area (Å²) in [6.07, 6.45) is 3.28. The van der Waals surface area contributed by atoms with Gasteiger partial charge in [-0.3, -0.25) is 4.79 Å². The number of carbonyl (C=O) groups excluding carboxylic acids is 1. The third-order valence-corrected chi connectivity index (χ3v) is 3.51. The van der Waals surface area contributed by atoms with Crippen LogP contribution in [-0.4, -0.2) is 30.7 Å². The van der Waals surface area contributed by atoms with Crippen LogP contribution in [0, 0.1) is 6.92 Å². The molecule has 3 N–H and O–H groups in total. The Morgan fingerprint density at radius 3 is 2.55 bits per heavy atom. The Morgan fingerprint density at radius 2 is 1.95 bits per heavy atom. The van der Waals surface area contributed by atoms with E-state index in [9.17, 15) is 4.79 Å². The fourth-order valence-electron chi connectivity index (χ4n) is 2.49. The van der Waals surface area contributed by atoms with Gasteiger partial charge >= 0.3 is 0 Å². The van der Waals surface area contributed by atoms with E-state index in [1.807, 2.05) is 19.1 Å². The van der Waals surface area contributed by atoms with E-state index in [1.54, 1.807) is 12.4 Å². The second-order valence-electron chi connectivity index (χ2n) is 5.08. The number of hydrogen-bond donors (Lipinski definition) is 2. The molecule has 0 spiro atoms. The van der Waals surface area contributed by atoms with Crippen molar-refractivity contribution in [2.75, 3.05) is 5.84 Å². The van der Waals surface area contributed by atoms with Crippen molar-refractivity contribution >= 4 is 16.7 Å². The number of nitrogens with zero attached hydrogens (tertiary/aromatic N) is 4. The van der Waals surface area contributed by atoms with Crippen molar-refractivity contribution in [3.8, 4) is 11.1 Å². The van der Waals surface area contributed by atoms with E-state index >= 15 is 0 Å². The average molecular weight is 297 g/mol. The molecule has 0 radical (unpaired) electrons. The van der Waals surface area contributed by atoms with Crippen LogP contribution < -0.4 is 5.84 Å². The first-order valence-electron chi connectivity index (χ1n) is 6.72. The van der Waals surface area contributed by atoms with Crippen LogP contribution >= 0.6 is 0 Å². The lowest BCUT2D eigenvalue weighted by molar-refractivity contribution is 0.101. The van der Waals surface area contributed by atoms with Crippen LogP contribution in [0.15, 0.2) is 24.5 Å². The highest BCUT2D eigenvalue weighted by Crippen LogP contribution is 2.28. The van der Waals surface area contributed by atoms with Crippen molar-refractivity contribution in [1.29, 1.82) is 0 Å². The number of ketones is 1. The molecule has 3 aromatic rings. The van der Waals surface area contributed by atoms with Crippen LogP contribution in [0.3, 0.4) is 0 Å². The molecular formula is C15H15N5O2. The van der Waals surface area contributed by atoms with Gasteiger partial charge in [-0.1, -0.05) is 0 Å². The van der Waals surface area contributed by atoms with Gasteiger partial charge in [0.15, 0.2) is 11.6 Å². The lowest BCUT2D eigenvalue weighted by Crippen LogP contribution is -2.11. The van der Waals surface area contributed by atoms with E-state index in [2.05, 4.69) is 15.1 Å². The molecule has 112 valence electrons. The highest BCUT2D eigenvalue weighted by Gasteiger charge is 2.16. The minimum Gasteiger partial charge on any atom is -0.388 e. The normalized spacial score (nSPS) is 11.0. The van der Waals surface area contributed by atoms with Gasteiger partial charge in [0.2, 0.25) is 0 Å². The zero-order valence-electron chi connectivity index (χ0n) is 12.2. The van der Waals surface area contributed by atoms with Gasteiger partial charge in [-0.25, -0.2) is 9.97 Å². The van der Waals surface area contributed by atoms with Gasteiger partial charge in [0.25, 0.3) is 0 Å². The Bertz CT molecular complexity index is 868. The van der Waals surface area contributed by atoms with E-state index in [0.29, 0.717) is 16.9 Å². The summed E-state index contributed by atoms with van der Waals surface area (Å²) in [6.45, 7) is 3.17. The zero-order valence-corrected chi connectivity index (χ0v) is 12.2. The maximum atomic E-state index is 11.7. The molecule has 1 aromatic carbocycles. The predicted molar refractivity (Wildman–Crippen MR) is 81.6 cm³/mol. The monoisotopic (exact) mass is 297 g/mol. The van der Waals surface area contributed by atoms with Crippen LogP contribution in [-0.2, 0) is 6.61 Å². The second-order valence-corrected chi connectivity index (χ2v) is 5.08. The molecule has 0 aliphatic heterocycles. The molecule has 0 amide bonds. The summed E-state index contributed by atoms with van der Waals surface area (Å²) in [4.78, 5) is 21.1. The van der Waals surface area contributed by atoms with Crippen molar-refractivity contribution < 1.29 is 9.90 Å². The van der Waals surface area contributed by atoms with Crippen LogP contribution in [0.2, 0.25) is 0 Å². The second kappa shape index (κ2) is 5.19. The fraction of sp³-hybridized carbons (Fsp3) is 0.200. The van der Waals surface area contributed by atoms with E-state index in [4.69, 9.17) is 10.9 Å². The van der Waals surface area contributed by atoms with E-state index < -0.39 is 0 Å². The van der Waals surface area contributed by atoms with Crippen LogP contribution in [0.1, 0.15) is 28.8 Å². The molecule has 0 aliphatic rings. The summed E-state index contributed by atoms with van der Waals surface area (Å²) in [5, 5.41) is 13.8. The van der Waals surface area contributed by atoms with Gasteiger partial charge in [0.1, 0.15) is 12.3 Å². The topological polar surface area (TPSA) is 107 Å². The molecule has 0 fully saturated rings. The standard InChI is InChI=1S/C15H15N5O2/c1-8-3-10(11-5-17-13(7-21)18-6-11)4-12-14(9(2)22)19-20(16)15(8)12/h3-6,21H,7,16H2,1-2H3. The zero-order chi connectivity index (χ0) is 15.9. The Labute approximate surface area is 126 Å². The number of fused-ring (bicyclic) bond motifs is 1. The number of Topliss-reactive ketones (excluding diaryl/α,β-unsaturated/α-hetero) is 1. The van der Waals surface area contributed by atoms with Crippen molar-refractivity contribution in [3.05, 3.63) is 41.6 Å². The fourth-order valence-corrected chi connectivity index (χ4v) is 2.49. The summed E-state index contributed by atoms with van der Waals surface area (Å²) < 4.78 is 0. The third kappa shape index (κ3) is 2.21. The number of aliphatic hydroxyl groups is 1.